The van der Waals surface area contributed by atoms with E-state index in [0.29, 0.717) is 18.7 Å². The molecule has 0 saturated heterocycles. The largest absolute Gasteiger partial charge is 0.308 e. The Kier molecular flexibility index (Phi) is 4.13. The van der Waals surface area contributed by atoms with E-state index in [1.165, 1.54) is 6.07 Å². The van der Waals surface area contributed by atoms with Gasteiger partial charge in [-0.15, -0.1) is 0 Å². The minimum atomic E-state index is -0.394. The van der Waals surface area contributed by atoms with Crippen molar-refractivity contribution in [3.63, 3.8) is 0 Å². The Bertz CT molecular complexity index is 485. The van der Waals surface area contributed by atoms with Gasteiger partial charge in [-0.25, -0.2) is 4.39 Å². The zero-order valence-corrected chi connectivity index (χ0v) is 9.97. The van der Waals surface area contributed by atoms with E-state index < -0.39 is 5.82 Å². The van der Waals surface area contributed by atoms with Crippen molar-refractivity contribution in [1.82, 2.24) is 5.32 Å². The van der Waals surface area contributed by atoms with Gasteiger partial charge in [-0.3, -0.25) is 0 Å². The van der Waals surface area contributed by atoms with Crippen molar-refractivity contribution in [2.24, 2.45) is 0 Å². The molecule has 0 aromatic heterocycles. The van der Waals surface area contributed by atoms with Crippen LogP contribution in [0.5, 0.6) is 0 Å². The molecule has 0 bridgehead atoms. The Morgan fingerprint density at radius 1 is 1.12 bits per heavy atom. The number of rotatable bonds is 4. The minimum absolute atomic E-state index is 0.139. The third-order valence-electron chi connectivity index (χ3n) is 2.44. The second-order valence-electron chi connectivity index (χ2n) is 3.71. The lowest BCUT2D eigenvalue weighted by Gasteiger charge is -2.06. The van der Waals surface area contributed by atoms with E-state index in [0.717, 1.165) is 5.56 Å². The summed E-state index contributed by atoms with van der Waals surface area (Å²) >= 11 is 5.69. The molecule has 2 rings (SSSR count). The molecule has 0 saturated carbocycles. The number of hydrogen-bond donors (Lipinski definition) is 1. The van der Waals surface area contributed by atoms with Gasteiger partial charge in [0.15, 0.2) is 0 Å². The number of benzene rings is 2. The van der Waals surface area contributed by atoms with E-state index in [2.05, 4.69) is 11.4 Å². The lowest BCUT2D eigenvalue weighted by Crippen LogP contribution is -2.13. The molecule has 1 N–H and O–H groups in total. The van der Waals surface area contributed by atoms with Gasteiger partial charge in [0.05, 0.1) is 5.02 Å². The Labute approximate surface area is 105 Å². The zero-order chi connectivity index (χ0) is 12.1. The summed E-state index contributed by atoms with van der Waals surface area (Å²) in [5.74, 6) is -0.394. The molecule has 0 fully saturated rings. The van der Waals surface area contributed by atoms with Crippen LogP contribution in [0.3, 0.4) is 0 Å². The highest BCUT2D eigenvalue weighted by molar-refractivity contribution is 6.30. The summed E-state index contributed by atoms with van der Waals surface area (Å²) in [7, 11) is 0. The quantitative estimate of drug-likeness (QED) is 0.872. The van der Waals surface area contributed by atoms with E-state index in [1.54, 1.807) is 6.07 Å². The van der Waals surface area contributed by atoms with Crippen molar-refractivity contribution in [1.29, 1.82) is 0 Å². The van der Waals surface area contributed by atoms with E-state index in [-0.39, 0.29) is 5.02 Å². The van der Waals surface area contributed by atoms with Gasteiger partial charge in [0.1, 0.15) is 5.82 Å². The van der Waals surface area contributed by atoms with Crippen LogP contribution in [0.15, 0.2) is 42.5 Å². The molecule has 0 heterocycles. The second kappa shape index (κ2) is 5.80. The molecule has 0 aliphatic heterocycles. The predicted molar refractivity (Wildman–Crippen MR) is 67.2 cm³/mol. The van der Waals surface area contributed by atoms with Crippen LogP contribution in [0, 0.1) is 11.9 Å². The molecular formula is C14H12ClFN. The van der Waals surface area contributed by atoms with Crippen molar-refractivity contribution < 1.29 is 4.39 Å². The fraction of sp³-hybridized carbons (Fsp3) is 0.143. The number of nitrogens with one attached hydrogen (secondary N) is 1. The van der Waals surface area contributed by atoms with Crippen LogP contribution >= 0.6 is 11.6 Å². The molecular weight excluding hydrogens is 237 g/mol. The van der Waals surface area contributed by atoms with Crippen LogP contribution in [0.4, 0.5) is 4.39 Å². The van der Waals surface area contributed by atoms with E-state index in [1.807, 2.05) is 30.3 Å². The summed E-state index contributed by atoms with van der Waals surface area (Å²) in [5.41, 5.74) is 1.63. The summed E-state index contributed by atoms with van der Waals surface area (Å²) in [6.07, 6.45) is 0. The molecule has 0 atom stereocenters. The lowest BCUT2D eigenvalue weighted by molar-refractivity contribution is 0.587. The molecule has 0 amide bonds. The number of halogens is 2. The summed E-state index contributed by atoms with van der Waals surface area (Å²) in [4.78, 5) is 0. The van der Waals surface area contributed by atoms with E-state index in [9.17, 15) is 4.39 Å². The molecule has 2 aromatic carbocycles. The Morgan fingerprint density at radius 3 is 2.65 bits per heavy atom. The predicted octanol–water partition coefficient (Wildman–Crippen LogP) is 3.57. The number of hydrogen-bond acceptors (Lipinski definition) is 1. The van der Waals surface area contributed by atoms with Gasteiger partial charge in [-0.1, -0.05) is 48.0 Å². The van der Waals surface area contributed by atoms with Crippen molar-refractivity contribution in [2.75, 3.05) is 0 Å². The molecule has 2 aromatic rings. The van der Waals surface area contributed by atoms with Crippen LogP contribution in [0.1, 0.15) is 11.1 Å². The van der Waals surface area contributed by atoms with Crippen molar-refractivity contribution in [3.05, 3.63) is 70.5 Å². The Hall–Kier alpha value is -1.38. The summed E-state index contributed by atoms with van der Waals surface area (Å²) in [6, 6.07) is 15.9. The van der Waals surface area contributed by atoms with Crippen LogP contribution in [0.2, 0.25) is 5.02 Å². The highest BCUT2D eigenvalue weighted by atomic mass is 35.5. The van der Waals surface area contributed by atoms with Gasteiger partial charge < -0.3 is 5.32 Å². The molecule has 0 unspecified atom stereocenters. The maximum atomic E-state index is 13.5. The summed E-state index contributed by atoms with van der Waals surface area (Å²) < 4.78 is 13.5. The zero-order valence-electron chi connectivity index (χ0n) is 9.21. The topological polar surface area (TPSA) is 12.0 Å². The van der Waals surface area contributed by atoms with Crippen molar-refractivity contribution in [2.45, 2.75) is 13.1 Å². The first-order chi connectivity index (χ1) is 8.27. The summed E-state index contributed by atoms with van der Waals surface area (Å²) in [5, 5.41) is 3.30. The molecule has 1 nitrogen and oxygen atoms in total. The molecule has 3 heteroatoms. The molecule has 0 spiro atoms. The minimum Gasteiger partial charge on any atom is -0.308 e. The first-order valence-corrected chi connectivity index (χ1v) is 5.74. The van der Waals surface area contributed by atoms with E-state index in [4.69, 9.17) is 11.6 Å². The standard InChI is InChI=1S/C14H12ClFN/c15-13-8-4-7-12(14(13)16)10-17-9-11-5-2-1-3-6-11/h1-6,8,17H,9-10H2. The van der Waals surface area contributed by atoms with Crippen molar-refractivity contribution >= 4 is 11.6 Å². The second-order valence-corrected chi connectivity index (χ2v) is 4.11. The van der Waals surface area contributed by atoms with Gasteiger partial charge in [0.2, 0.25) is 0 Å². The monoisotopic (exact) mass is 248 g/mol. The third kappa shape index (κ3) is 3.29. The van der Waals surface area contributed by atoms with Crippen LogP contribution in [-0.4, -0.2) is 0 Å². The smallest absolute Gasteiger partial charge is 0.146 e. The average Bonchev–Trinajstić information content (AvgIpc) is 2.36. The fourth-order valence-corrected chi connectivity index (χ4v) is 1.73. The molecule has 1 radical (unpaired) electrons. The Balaban J connectivity index is 1.93. The molecule has 87 valence electrons. The fourth-order valence-electron chi connectivity index (χ4n) is 1.55. The average molecular weight is 249 g/mol. The third-order valence-corrected chi connectivity index (χ3v) is 2.73. The SMILES string of the molecule is Fc1c(CNCc2ccccc2)[c]ccc1Cl. The van der Waals surface area contributed by atoms with Crippen LogP contribution < -0.4 is 5.32 Å². The highest BCUT2D eigenvalue weighted by Gasteiger charge is 2.05. The first kappa shape index (κ1) is 12.1. The molecule has 17 heavy (non-hydrogen) atoms. The highest BCUT2D eigenvalue weighted by Crippen LogP contribution is 2.17. The maximum Gasteiger partial charge on any atom is 0.146 e. The maximum absolute atomic E-state index is 13.5. The Morgan fingerprint density at radius 2 is 1.88 bits per heavy atom. The molecule has 0 aliphatic rings. The van der Waals surface area contributed by atoms with Crippen LogP contribution in [-0.2, 0) is 13.1 Å². The summed E-state index contributed by atoms with van der Waals surface area (Å²) in [6.45, 7) is 1.11. The lowest BCUT2D eigenvalue weighted by atomic mass is 10.2. The van der Waals surface area contributed by atoms with Gasteiger partial charge in [-0.2, -0.15) is 0 Å². The van der Waals surface area contributed by atoms with E-state index >= 15 is 0 Å². The van der Waals surface area contributed by atoms with Gasteiger partial charge >= 0.3 is 0 Å². The van der Waals surface area contributed by atoms with Gasteiger partial charge in [-0.05, 0) is 17.7 Å². The molecule has 0 aliphatic carbocycles. The van der Waals surface area contributed by atoms with Crippen LogP contribution in [0.25, 0.3) is 0 Å². The van der Waals surface area contributed by atoms with Crippen molar-refractivity contribution in [3.8, 4) is 0 Å². The normalized spacial score (nSPS) is 10.5. The first-order valence-electron chi connectivity index (χ1n) is 5.36. The van der Waals surface area contributed by atoms with Gasteiger partial charge in [0, 0.05) is 18.7 Å². The van der Waals surface area contributed by atoms with Gasteiger partial charge in [0.25, 0.3) is 0 Å².